The Labute approximate surface area is 164 Å². The van der Waals surface area contributed by atoms with E-state index in [1.807, 2.05) is 6.92 Å². The van der Waals surface area contributed by atoms with Crippen LogP contribution in [0.5, 0.6) is 0 Å². The molecule has 1 amide bonds. The zero-order valence-corrected chi connectivity index (χ0v) is 16.5. The molecular formula is C18H20FN5O3S. The number of anilines is 1. The number of aromatic nitrogens is 4. The third-order valence-electron chi connectivity index (χ3n) is 4.22. The fourth-order valence-corrected chi connectivity index (χ4v) is 3.65. The summed E-state index contributed by atoms with van der Waals surface area (Å²) in [5, 5.41) is 3.17. The molecule has 0 radical (unpaired) electrons. The van der Waals surface area contributed by atoms with E-state index in [1.165, 1.54) is 47.6 Å². The number of imidazole rings is 1. The number of halogens is 1. The van der Waals surface area contributed by atoms with Gasteiger partial charge < -0.3 is 9.88 Å². The second kappa shape index (κ2) is 8.01. The van der Waals surface area contributed by atoms with Gasteiger partial charge in [-0.25, -0.2) is 14.2 Å². The van der Waals surface area contributed by atoms with Gasteiger partial charge in [-0.2, -0.15) is 0 Å². The SMILES string of the molecule is CCCn1c(SCC(=O)Nc2ccc(F)cc2)nc2c1c(=O)n(C)c(=O)n2C. The molecule has 0 aliphatic heterocycles. The Bertz CT molecular complexity index is 1150. The van der Waals surface area contributed by atoms with Crippen molar-refractivity contribution < 1.29 is 9.18 Å². The number of carbonyl (C=O) groups is 1. The molecular weight excluding hydrogens is 385 g/mol. The van der Waals surface area contributed by atoms with Gasteiger partial charge in [0.15, 0.2) is 16.3 Å². The molecule has 3 aromatic rings. The molecule has 1 aromatic carbocycles. The van der Waals surface area contributed by atoms with Crippen molar-refractivity contribution in [2.45, 2.75) is 25.0 Å². The third kappa shape index (κ3) is 3.72. The molecule has 2 aromatic heterocycles. The van der Waals surface area contributed by atoms with Crippen molar-refractivity contribution >= 4 is 34.5 Å². The van der Waals surface area contributed by atoms with Crippen LogP contribution in [0, 0.1) is 5.82 Å². The molecule has 0 atom stereocenters. The Morgan fingerprint density at radius 1 is 1.18 bits per heavy atom. The molecule has 2 heterocycles. The summed E-state index contributed by atoms with van der Waals surface area (Å²) in [4.78, 5) is 41.4. The molecule has 3 rings (SSSR count). The van der Waals surface area contributed by atoms with Gasteiger partial charge in [0, 0.05) is 26.3 Å². The van der Waals surface area contributed by atoms with Gasteiger partial charge in [0.25, 0.3) is 5.56 Å². The maximum absolute atomic E-state index is 13.0. The summed E-state index contributed by atoms with van der Waals surface area (Å²) in [6.45, 7) is 2.50. The number of amides is 1. The number of hydrogen-bond donors (Lipinski definition) is 1. The molecule has 10 heteroatoms. The van der Waals surface area contributed by atoms with Crippen LogP contribution in [0.2, 0.25) is 0 Å². The van der Waals surface area contributed by atoms with E-state index in [2.05, 4.69) is 10.3 Å². The number of benzene rings is 1. The van der Waals surface area contributed by atoms with Crippen molar-refractivity contribution in [2.75, 3.05) is 11.1 Å². The standard InChI is InChI=1S/C18H20FN5O3S/c1-4-9-24-14-15(22(2)18(27)23(3)16(14)26)21-17(24)28-10-13(25)20-12-7-5-11(19)6-8-12/h5-8H,4,9-10H2,1-3H3,(H,20,25). The van der Waals surface area contributed by atoms with Gasteiger partial charge >= 0.3 is 5.69 Å². The first-order valence-electron chi connectivity index (χ1n) is 8.68. The summed E-state index contributed by atoms with van der Waals surface area (Å²) in [6, 6.07) is 5.48. The van der Waals surface area contributed by atoms with Crippen LogP contribution in [-0.4, -0.2) is 30.3 Å². The molecule has 0 fully saturated rings. The van der Waals surface area contributed by atoms with Crippen LogP contribution in [0.25, 0.3) is 11.2 Å². The topological polar surface area (TPSA) is 90.9 Å². The maximum Gasteiger partial charge on any atom is 0.332 e. The van der Waals surface area contributed by atoms with Gasteiger partial charge in [-0.3, -0.25) is 18.7 Å². The molecule has 0 aliphatic rings. The minimum Gasteiger partial charge on any atom is -0.325 e. The molecule has 0 unspecified atom stereocenters. The summed E-state index contributed by atoms with van der Waals surface area (Å²) >= 11 is 1.17. The minimum atomic E-state index is -0.454. The van der Waals surface area contributed by atoms with Crippen molar-refractivity contribution in [1.29, 1.82) is 0 Å². The monoisotopic (exact) mass is 405 g/mol. The van der Waals surface area contributed by atoms with E-state index in [1.54, 1.807) is 11.6 Å². The van der Waals surface area contributed by atoms with Gasteiger partial charge in [-0.05, 0) is 30.7 Å². The van der Waals surface area contributed by atoms with Gasteiger partial charge in [0.05, 0.1) is 5.75 Å². The fraction of sp³-hybridized carbons (Fsp3) is 0.333. The summed E-state index contributed by atoms with van der Waals surface area (Å²) in [5.41, 5.74) is 0.257. The number of nitrogens with one attached hydrogen (secondary N) is 1. The first-order valence-corrected chi connectivity index (χ1v) is 9.66. The van der Waals surface area contributed by atoms with E-state index in [-0.39, 0.29) is 17.5 Å². The van der Waals surface area contributed by atoms with Crippen LogP contribution in [0.1, 0.15) is 13.3 Å². The minimum absolute atomic E-state index is 0.0542. The van der Waals surface area contributed by atoms with E-state index in [0.717, 1.165) is 11.0 Å². The van der Waals surface area contributed by atoms with E-state index in [0.29, 0.717) is 28.6 Å². The predicted molar refractivity (Wildman–Crippen MR) is 106 cm³/mol. The number of nitrogens with zero attached hydrogens (tertiary/aromatic N) is 4. The lowest BCUT2D eigenvalue weighted by Gasteiger charge is -2.08. The lowest BCUT2D eigenvalue weighted by Crippen LogP contribution is -2.37. The summed E-state index contributed by atoms with van der Waals surface area (Å²) in [5.74, 6) is -0.611. The van der Waals surface area contributed by atoms with Gasteiger partial charge in [0.2, 0.25) is 5.91 Å². The lowest BCUT2D eigenvalue weighted by molar-refractivity contribution is -0.113. The van der Waals surface area contributed by atoms with Gasteiger partial charge in [-0.1, -0.05) is 18.7 Å². The van der Waals surface area contributed by atoms with Crippen LogP contribution >= 0.6 is 11.8 Å². The quantitative estimate of drug-likeness (QED) is 0.631. The summed E-state index contributed by atoms with van der Waals surface area (Å²) in [6.07, 6.45) is 0.757. The van der Waals surface area contributed by atoms with E-state index in [4.69, 9.17) is 0 Å². The van der Waals surface area contributed by atoms with E-state index >= 15 is 0 Å². The average Bonchev–Trinajstić information content (AvgIpc) is 3.04. The molecule has 0 saturated heterocycles. The second-order valence-corrected chi connectivity index (χ2v) is 7.21. The van der Waals surface area contributed by atoms with Crippen LogP contribution < -0.4 is 16.6 Å². The van der Waals surface area contributed by atoms with Crippen LogP contribution in [0.15, 0.2) is 39.0 Å². The van der Waals surface area contributed by atoms with Crippen molar-refractivity contribution in [3.63, 3.8) is 0 Å². The highest BCUT2D eigenvalue weighted by Gasteiger charge is 2.19. The summed E-state index contributed by atoms with van der Waals surface area (Å²) in [7, 11) is 2.99. The molecule has 0 bridgehead atoms. The van der Waals surface area contributed by atoms with Gasteiger partial charge in [0.1, 0.15) is 5.82 Å². The first kappa shape index (κ1) is 19.9. The highest BCUT2D eigenvalue weighted by Crippen LogP contribution is 2.22. The highest BCUT2D eigenvalue weighted by molar-refractivity contribution is 7.99. The normalized spacial score (nSPS) is 11.1. The van der Waals surface area contributed by atoms with Crippen LogP contribution in [-0.2, 0) is 25.4 Å². The van der Waals surface area contributed by atoms with E-state index < -0.39 is 11.2 Å². The Morgan fingerprint density at radius 2 is 1.86 bits per heavy atom. The van der Waals surface area contributed by atoms with Crippen LogP contribution in [0.3, 0.4) is 0 Å². The van der Waals surface area contributed by atoms with Crippen molar-refractivity contribution in [1.82, 2.24) is 18.7 Å². The molecule has 0 spiro atoms. The number of thioether (sulfide) groups is 1. The van der Waals surface area contributed by atoms with Gasteiger partial charge in [-0.15, -0.1) is 0 Å². The van der Waals surface area contributed by atoms with Crippen molar-refractivity contribution in [2.24, 2.45) is 14.1 Å². The largest absolute Gasteiger partial charge is 0.332 e. The van der Waals surface area contributed by atoms with Crippen molar-refractivity contribution in [3.05, 3.63) is 50.9 Å². The smallest absolute Gasteiger partial charge is 0.325 e. The number of aryl methyl sites for hydroxylation is 2. The van der Waals surface area contributed by atoms with Crippen LogP contribution in [0.4, 0.5) is 10.1 Å². The molecule has 8 nitrogen and oxygen atoms in total. The Morgan fingerprint density at radius 3 is 2.50 bits per heavy atom. The number of hydrogen-bond acceptors (Lipinski definition) is 5. The molecule has 28 heavy (non-hydrogen) atoms. The number of rotatable bonds is 6. The maximum atomic E-state index is 13.0. The Balaban J connectivity index is 1.89. The lowest BCUT2D eigenvalue weighted by atomic mass is 10.3. The zero-order chi connectivity index (χ0) is 20.4. The zero-order valence-electron chi connectivity index (χ0n) is 15.7. The summed E-state index contributed by atoms with van der Waals surface area (Å²) < 4.78 is 17.1. The average molecular weight is 405 g/mol. The fourth-order valence-electron chi connectivity index (χ4n) is 2.83. The van der Waals surface area contributed by atoms with E-state index in [9.17, 15) is 18.8 Å². The molecule has 148 valence electrons. The second-order valence-electron chi connectivity index (χ2n) is 6.27. The van der Waals surface area contributed by atoms with Crippen molar-refractivity contribution in [3.8, 4) is 0 Å². The number of fused-ring (bicyclic) bond motifs is 1. The number of carbonyl (C=O) groups excluding carboxylic acids is 1. The molecule has 1 N–H and O–H groups in total. The Hall–Kier alpha value is -2.88. The predicted octanol–water partition coefficient (Wildman–Crippen LogP) is 1.71. The third-order valence-corrected chi connectivity index (χ3v) is 5.20. The molecule has 0 aliphatic carbocycles. The first-order chi connectivity index (χ1) is 13.3. The molecule has 0 saturated carbocycles. The Kier molecular flexibility index (Phi) is 5.68. The highest BCUT2D eigenvalue weighted by atomic mass is 32.2.